The highest BCUT2D eigenvalue weighted by Crippen LogP contribution is 2.30. The van der Waals surface area contributed by atoms with Gasteiger partial charge in [0.2, 0.25) is 11.5 Å². The maximum atomic E-state index is 13.1. The number of aliphatic hydroxyl groups excluding tert-OH is 1. The van der Waals surface area contributed by atoms with Crippen LogP contribution in [0.1, 0.15) is 52.4 Å². The minimum Gasteiger partial charge on any atom is -0.506 e. The van der Waals surface area contributed by atoms with Gasteiger partial charge in [0.1, 0.15) is 11.9 Å². The lowest BCUT2D eigenvalue weighted by molar-refractivity contribution is -0.118. The SMILES string of the molecule is CN(C(=O)CCN1CCC(OC(=O)Nc2ccccc2-c2ccccc2)CC1)c1ccc(C(=O)NCCc2cccc(CCNC[C@H](O)c3ccc(O)c4[nH]c(=O)ccc34)c2)cc1. The van der Waals surface area contributed by atoms with Crippen molar-refractivity contribution in [3.63, 3.8) is 0 Å². The summed E-state index contributed by atoms with van der Waals surface area (Å²) in [4.78, 5) is 57.1. The number of ether oxygens (including phenoxy) is 1. The number of amides is 3. The molecule has 0 spiro atoms. The van der Waals surface area contributed by atoms with E-state index < -0.39 is 12.2 Å². The Balaban J connectivity index is 0.780. The zero-order valence-corrected chi connectivity index (χ0v) is 35.4. The standard InChI is InChI=1S/C50H54N6O7/c1-55(47(60)26-31-56-29-24-39(25-30-56)63-50(62)53-43-13-6-5-12-40(43)36-10-3-2-4-11-36)38-16-14-37(15-17-38)49(61)52-28-23-35-9-7-8-34(32-35)22-27-51-33-45(58)41-18-20-44(57)48-42(41)19-21-46(59)54-48/h2-21,32,39,45,51,57-58H,22-31,33H2,1H3,(H,52,61)(H,53,62)(H,54,59)/t45-/m0/s1. The monoisotopic (exact) mass is 850 g/mol. The summed E-state index contributed by atoms with van der Waals surface area (Å²) in [6.45, 7) is 3.43. The van der Waals surface area contributed by atoms with E-state index in [1.165, 1.54) is 12.1 Å². The molecule has 13 nitrogen and oxygen atoms in total. The Morgan fingerprint density at radius 1 is 0.841 bits per heavy atom. The number of nitrogens with zero attached hydrogens (tertiary/aromatic N) is 2. The van der Waals surface area contributed by atoms with Crippen molar-refractivity contribution in [3.05, 3.63) is 160 Å². The first-order valence-corrected chi connectivity index (χ1v) is 21.4. The van der Waals surface area contributed by atoms with Gasteiger partial charge in [-0.3, -0.25) is 19.7 Å². The normalized spacial score (nSPS) is 13.6. The van der Waals surface area contributed by atoms with Crippen LogP contribution < -0.4 is 26.4 Å². The molecule has 63 heavy (non-hydrogen) atoms. The molecule has 1 aromatic heterocycles. The molecule has 326 valence electrons. The molecule has 3 amide bonds. The molecule has 1 aliphatic rings. The number of phenols is 1. The van der Waals surface area contributed by atoms with E-state index >= 15 is 0 Å². The molecule has 7 rings (SSSR count). The fourth-order valence-electron chi connectivity index (χ4n) is 7.90. The Labute approximate surface area is 366 Å². The molecule has 6 N–H and O–H groups in total. The Bertz CT molecular complexity index is 2560. The van der Waals surface area contributed by atoms with Gasteiger partial charge in [0, 0.05) is 74.5 Å². The number of pyridine rings is 1. The first-order chi connectivity index (χ1) is 30.6. The van der Waals surface area contributed by atoms with Crippen LogP contribution >= 0.6 is 0 Å². The number of aromatic nitrogens is 1. The number of likely N-dealkylation sites (tertiary alicyclic amines) is 1. The van der Waals surface area contributed by atoms with E-state index in [1.54, 1.807) is 48.3 Å². The van der Waals surface area contributed by atoms with E-state index in [4.69, 9.17) is 4.74 Å². The summed E-state index contributed by atoms with van der Waals surface area (Å²) in [5.74, 6) is -0.265. The third kappa shape index (κ3) is 12.0. The lowest BCUT2D eigenvalue weighted by atomic mass is 10.0. The number of aromatic hydroxyl groups is 1. The number of H-pyrrole nitrogens is 1. The summed E-state index contributed by atoms with van der Waals surface area (Å²) in [7, 11) is 1.74. The molecule has 13 heteroatoms. The Morgan fingerprint density at radius 3 is 2.32 bits per heavy atom. The lowest BCUT2D eigenvalue weighted by Crippen LogP contribution is -2.40. The number of hydrogen-bond acceptors (Lipinski definition) is 9. The van der Waals surface area contributed by atoms with Gasteiger partial charge in [-0.15, -0.1) is 0 Å². The molecule has 1 atom stereocenters. The zero-order chi connectivity index (χ0) is 44.1. The number of nitrogens with one attached hydrogen (secondary N) is 4. The molecule has 6 aromatic rings. The number of aliphatic hydroxyl groups is 1. The second-order valence-electron chi connectivity index (χ2n) is 15.8. The number of piperidine rings is 1. The van der Waals surface area contributed by atoms with Gasteiger partial charge in [-0.1, -0.05) is 78.9 Å². The molecular formula is C50H54N6O7. The van der Waals surface area contributed by atoms with Gasteiger partial charge in [0.05, 0.1) is 17.3 Å². The predicted molar refractivity (Wildman–Crippen MR) is 246 cm³/mol. The van der Waals surface area contributed by atoms with Gasteiger partial charge in [-0.2, -0.15) is 0 Å². The van der Waals surface area contributed by atoms with Crippen LogP contribution in [-0.4, -0.2) is 90.4 Å². The molecule has 0 saturated carbocycles. The van der Waals surface area contributed by atoms with Crippen LogP contribution in [-0.2, 0) is 22.4 Å². The summed E-state index contributed by atoms with van der Waals surface area (Å²) in [5, 5.41) is 30.8. The summed E-state index contributed by atoms with van der Waals surface area (Å²) < 4.78 is 5.77. The number of rotatable bonds is 17. The summed E-state index contributed by atoms with van der Waals surface area (Å²) in [6, 6.07) is 38.8. The van der Waals surface area contributed by atoms with Crippen molar-refractivity contribution in [2.45, 2.75) is 44.3 Å². The van der Waals surface area contributed by atoms with Crippen molar-refractivity contribution < 1.29 is 29.3 Å². The number of carbonyl (C=O) groups is 3. The minimum atomic E-state index is -0.833. The minimum absolute atomic E-state index is 0.0278. The number of phenolic OH excluding ortho intramolecular Hbond substituents is 1. The fourth-order valence-corrected chi connectivity index (χ4v) is 7.90. The average molecular weight is 851 g/mol. The van der Waals surface area contributed by atoms with Gasteiger partial charge >= 0.3 is 6.09 Å². The van der Waals surface area contributed by atoms with Crippen LogP contribution in [0.2, 0.25) is 0 Å². The third-order valence-corrected chi connectivity index (χ3v) is 11.5. The molecular weight excluding hydrogens is 797 g/mol. The topological polar surface area (TPSA) is 176 Å². The second kappa shape index (κ2) is 21.3. The number of hydrogen-bond donors (Lipinski definition) is 6. The first kappa shape index (κ1) is 44.3. The average Bonchev–Trinajstić information content (AvgIpc) is 3.30. The fraction of sp³-hybridized carbons (Fsp3) is 0.280. The number of benzene rings is 5. The highest BCUT2D eigenvalue weighted by atomic mass is 16.6. The van der Waals surface area contributed by atoms with Crippen molar-refractivity contribution in [1.29, 1.82) is 0 Å². The molecule has 0 unspecified atom stereocenters. The molecule has 0 radical (unpaired) electrons. The van der Waals surface area contributed by atoms with Crippen LogP contribution in [0.3, 0.4) is 0 Å². The maximum absolute atomic E-state index is 13.1. The van der Waals surface area contributed by atoms with Crippen LogP contribution in [0.4, 0.5) is 16.2 Å². The zero-order valence-electron chi connectivity index (χ0n) is 35.4. The number of aromatic amines is 1. The van der Waals surface area contributed by atoms with Crippen molar-refractivity contribution in [1.82, 2.24) is 20.5 Å². The van der Waals surface area contributed by atoms with Crippen LogP contribution in [0.15, 0.2) is 132 Å². The van der Waals surface area contributed by atoms with E-state index in [9.17, 15) is 29.4 Å². The molecule has 0 bridgehead atoms. The Hall–Kier alpha value is -6.80. The summed E-state index contributed by atoms with van der Waals surface area (Å²) in [5.41, 5.74) is 6.66. The highest BCUT2D eigenvalue weighted by molar-refractivity contribution is 5.96. The number of para-hydroxylation sites is 1. The number of carbonyl (C=O) groups excluding carboxylic acids is 3. The Morgan fingerprint density at radius 2 is 1.56 bits per heavy atom. The molecule has 1 aliphatic heterocycles. The molecule has 0 aliphatic carbocycles. The van der Waals surface area contributed by atoms with Crippen molar-refractivity contribution >= 4 is 40.2 Å². The van der Waals surface area contributed by atoms with E-state index in [0.29, 0.717) is 85.3 Å². The Kier molecular flexibility index (Phi) is 15.0. The van der Waals surface area contributed by atoms with Crippen molar-refractivity contribution in [3.8, 4) is 16.9 Å². The van der Waals surface area contributed by atoms with E-state index in [-0.39, 0.29) is 29.2 Å². The molecule has 1 saturated heterocycles. The quantitative estimate of drug-likeness (QED) is 0.0539. The largest absolute Gasteiger partial charge is 0.506 e. The second-order valence-corrected chi connectivity index (χ2v) is 15.8. The van der Waals surface area contributed by atoms with Gasteiger partial charge in [-0.05, 0) is 96.9 Å². The van der Waals surface area contributed by atoms with Crippen LogP contribution in [0.5, 0.6) is 5.75 Å². The van der Waals surface area contributed by atoms with E-state index in [0.717, 1.165) is 41.8 Å². The van der Waals surface area contributed by atoms with Gasteiger partial charge in [-0.25, -0.2) is 4.79 Å². The number of fused-ring (bicyclic) bond motifs is 1. The van der Waals surface area contributed by atoms with Gasteiger partial charge in [0.25, 0.3) is 5.91 Å². The summed E-state index contributed by atoms with van der Waals surface area (Å²) >= 11 is 0. The smallest absolute Gasteiger partial charge is 0.411 e. The predicted octanol–water partition coefficient (Wildman–Crippen LogP) is 6.80. The molecule has 1 fully saturated rings. The lowest BCUT2D eigenvalue weighted by Gasteiger charge is -2.31. The highest BCUT2D eigenvalue weighted by Gasteiger charge is 2.24. The molecule has 5 aromatic carbocycles. The van der Waals surface area contributed by atoms with Crippen molar-refractivity contribution in [2.75, 3.05) is 56.5 Å². The van der Waals surface area contributed by atoms with Crippen molar-refractivity contribution in [2.24, 2.45) is 0 Å². The van der Waals surface area contributed by atoms with E-state index in [2.05, 4.69) is 31.9 Å². The summed E-state index contributed by atoms with van der Waals surface area (Å²) in [6.07, 6.45) is 1.60. The van der Waals surface area contributed by atoms with Crippen LogP contribution in [0, 0.1) is 0 Å². The first-order valence-electron chi connectivity index (χ1n) is 21.4. The molecule has 2 heterocycles. The maximum Gasteiger partial charge on any atom is 0.411 e. The van der Waals surface area contributed by atoms with Gasteiger partial charge < -0.3 is 40.4 Å². The van der Waals surface area contributed by atoms with Gasteiger partial charge in [0.15, 0.2) is 0 Å². The van der Waals surface area contributed by atoms with Crippen LogP contribution in [0.25, 0.3) is 22.0 Å². The van der Waals surface area contributed by atoms with E-state index in [1.807, 2.05) is 72.8 Å². The number of anilines is 2. The third-order valence-electron chi connectivity index (χ3n) is 11.5.